The lowest BCUT2D eigenvalue weighted by Gasteiger charge is -2.41. The molecule has 8 aromatic rings. The average Bonchev–Trinajstić information content (AvgIpc) is 1.54. The third-order valence-electron chi connectivity index (χ3n) is 20.5. The van der Waals surface area contributed by atoms with Crippen LogP contribution in [-0.4, -0.2) is 68.5 Å². The fourth-order valence-corrected chi connectivity index (χ4v) is 16.5. The van der Waals surface area contributed by atoms with Gasteiger partial charge in [0.1, 0.15) is 64.7 Å². The Labute approximate surface area is 548 Å². The summed E-state index contributed by atoms with van der Waals surface area (Å²) in [6, 6.07) is 46.6. The van der Waals surface area contributed by atoms with E-state index in [0.717, 1.165) is 50.3 Å². The number of hydrogen-bond acceptors (Lipinski definition) is 8. The Morgan fingerprint density at radius 1 is 0.394 bits per heavy atom. The highest BCUT2D eigenvalue weighted by molar-refractivity contribution is 6.32. The van der Waals surface area contributed by atoms with Crippen molar-refractivity contribution in [2.45, 2.75) is 168 Å². The van der Waals surface area contributed by atoms with Gasteiger partial charge < -0.3 is 39.4 Å². The summed E-state index contributed by atoms with van der Waals surface area (Å²) in [4.78, 5) is 0. The molecule has 4 heterocycles. The first kappa shape index (κ1) is 66.1. The van der Waals surface area contributed by atoms with E-state index in [-0.39, 0.29) is 82.5 Å². The largest absolute Gasteiger partial charge is 0.508 e. The van der Waals surface area contributed by atoms with Gasteiger partial charge in [-0.05, 0) is 158 Å². The fraction of sp³-hybridized carbons (Fsp3) is 0.360. The molecule has 19 heteroatoms. The molecule has 8 aliphatic rings. The molecule has 4 fully saturated rings. The predicted molar refractivity (Wildman–Crippen MR) is 340 cm³/mol. The van der Waals surface area contributed by atoms with Crippen LogP contribution in [0.5, 0.6) is 46.0 Å². The third-order valence-corrected chi connectivity index (χ3v) is 21.1. The van der Waals surface area contributed by atoms with Crippen LogP contribution in [0, 0.1) is 19.7 Å². The summed E-state index contributed by atoms with van der Waals surface area (Å²) in [7, 11) is 0. The molecule has 4 aliphatic carbocycles. The van der Waals surface area contributed by atoms with E-state index in [0.29, 0.717) is 51.3 Å². The molecule has 4 aliphatic heterocycles. The summed E-state index contributed by atoms with van der Waals surface area (Å²) in [6.07, 6.45) is -3.73. The number of aryl methyl sites for hydroxylation is 2. The van der Waals surface area contributed by atoms with Gasteiger partial charge in [0.05, 0.1) is 21.7 Å². The Hall–Kier alpha value is -7.89. The van der Waals surface area contributed by atoms with Crippen molar-refractivity contribution in [2.24, 2.45) is 0 Å². The van der Waals surface area contributed by atoms with Crippen molar-refractivity contribution in [2.75, 3.05) is 0 Å². The lowest BCUT2D eigenvalue weighted by molar-refractivity contribution is -0.0836. The molecule has 16 rings (SSSR count). The van der Waals surface area contributed by atoms with Gasteiger partial charge >= 0.3 is 0 Å². The van der Waals surface area contributed by atoms with Crippen molar-refractivity contribution in [3.05, 3.63) is 235 Å². The topological polar surface area (TPSA) is 118 Å². The Kier molecular flexibility index (Phi) is 16.9. The van der Waals surface area contributed by atoms with Crippen LogP contribution in [0.1, 0.15) is 140 Å². The maximum Gasteiger partial charge on any atom is 0.251 e. The molecule has 8 atom stereocenters. The molecule has 8 nitrogen and oxygen atoms in total. The number of phenolic OH excluding ortho intramolecular Hbond substituents is 4. The monoisotopic (exact) mass is 1340 g/mol. The SMILES string of the molecule is C.Cc1ccc2c(c1)OC1CC(F)(F)CCC21c1ccc(O)cc1.Cc1cccc2c1OC1CC(F)(F)CCC21c1ccc(O)cc1.Oc1ccc(C23CCC(F)(F)CC2Oc2ccc(Cl)cc23)cc1.Oc1ccc(C23CCC(F)(F)CC2Oc2cccc(Cl)c23)cc1F. The number of ether oxygens (including phenoxy) is 4. The Bertz CT molecular complexity index is 4100. The fourth-order valence-electron chi connectivity index (χ4n) is 16.0. The Morgan fingerprint density at radius 2 is 0.830 bits per heavy atom. The van der Waals surface area contributed by atoms with Gasteiger partial charge in [-0.3, -0.25) is 0 Å². The molecule has 8 aromatic carbocycles. The number of hydrogen-bond donors (Lipinski definition) is 4. The molecule has 0 amide bonds. The first-order chi connectivity index (χ1) is 44.1. The van der Waals surface area contributed by atoms with Crippen LogP contribution in [0.4, 0.5) is 39.5 Å². The quantitative estimate of drug-likeness (QED) is 0.129. The second kappa shape index (κ2) is 24.1. The van der Waals surface area contributed by atoms with Gasteiger partial charge in [-0.2, -0.15) is 0 Å². The molecule has 0 bridgehead atoms. The normalized spacial score (nSPS) is 27.4. The lowest BCUT2D eigenvalue weighted by atomic mass is 9.63. The first-order valence-corrected chi connectivity index (χ1v) is 31.7. The van der Waals surface area contributed by atoms with E-state index in [1.165, 1.54) is 12.1 Å². The zero-order chi connectivity index (χ0) is 65.8. The maximum atomic E-state index is 14.0. The number of fused-ring (bicyclic) bond motifs is 12. The highest BCUT2D eigenvalue weighted by Crippen LogP contribution is 2.62. The van der Waals surface area contributed by atoms with Crippen LogP contribution in [0.3, 0.4) is 0 Å². The van der Waals surface area contributed by atoms with Crippen molar-refractivity contribution < 1.29 is 78.9 Å². The lowest BCUT2D eigenvalue weighted by Crippen LogP contribution is -2.48. The highest BCUT2D eigenvalue weighted by Gasteiger charge is 2.62. The molecule has 0 radical (unpaired) electrons. The number of para-hydroxylation sites is 1. The molecule has 4 N–H and O–H groups in total. The van der Waals surface area contributed by atoms with E-state index in [1.54, 1.807) is 84.9 Å². The van der Waals surface area contributed by atoms with Crippen LogP contribution in [0.15, 0.2) is 164 Å². The highest BCUT2D eigenvalue weighted by atomic mass is 35.5. The van der Waals surface area contributed by atoms with Gasteiger partial charge in [0.2, 0.25) is 0 Å². The molecule has 0 aromatic heterocycles. The number of rotatable bonds is 4. The molecule has 0 spiro atoms. The van der Waals surface area contributed by atoms with Gasteiger partial charge in [-0.1, -0.05) is 109 Å². The summed E-state index contributed by atoms with van der Waals surface area (Å²) in [5, 5.41) is 39.1. The molecule has 4 saturated carbocycles. The number of phenols is 4. The van der Waals surface area contributed by atoms with E-state index in [1.807, 2.05) is 80.6 Å². The predicted octanol–water partition coefficient (Wildman–Crippen LogP) is 19.7. The van der Waals surface area contributed by atoms with E-state index < -0.39 is 87.8 Å². The van der Waals surface area contributed by atoms with E-state index in [4.69, 9.17) is 42.1 Å². The van der Waals surface area contributed by atoms with Crippen LogP contribution in [-0.2, 0) is 21.7 Å². The van der Waals surface area contributed by atoms with E-state index >= 15 is 0 Å². The summed E-state index contributed by atoms with van der Waals surface area (Å²) in [5.74, 6) is -9.21. The average molecular weight is 1340 g/mol. The minimum Gasteiger partial charge on any atom is -0.508 e. The molecule has 94 heavy (non-hydrogen) atoms. The zero-order valence-electron chi connectivity index (χ0n) is 50.5. The second-order valence-electron chi connectivity index (χ2n) is 26.1. The van der Waals surface area contributed by atoms with Crippen LogP contribution in [0.25, 0.3) is 0 Å². The van der Waals surface area contributed by atoms with Crippen molar-refractivity contribution in [3.63, 3.8) is 0 Å². The first-order valence-electron chi connectivity index (χ1n) is 30.9. The van der Waals surface area contributed by atoms with Crippen molar-refractivity contribution in [1.82, 2.24) is 0 Å². The number of alkyl halides is 8. The number of aromatic hydroxyl groups is 4. The van der Waals surface area contributed by atoms with Crippen molar-refractivity contribution in [3.8, 4) is 46.0 Å². The van der Waals surface area contributed by atoms with Crippen LogP contribution < -0.4 is 18.9 Å². The Balaban J connectivity index is 0.000000120. The smallest absolute Gasteiger partial charge is 0.251 e. The molecule has 494 valence electrons. The molecule has 0 saturated heterocycles. The summed E-state index contributed by atoms with van der Waals surface area (Å²) in [6.45, 7) is 3.91. The van der Waals surface area contributed by atoms with Crippen LogP contribution >= 0.6 is 23.2 Å². The number of benzene rings is 8. The molecular formula is C75H69Cl2F9O8. The van der Waals surface area contributed by atoms with Crippen molar-refractivity contribution >= 4 is 23.2 Å². The van der Waals surface area contributed by atoms with E-state index in [2.05, 4.69) is 0 Å². The van der Waals surface area contributed by atoms with E-state index in [9.17, 15) is 59.9 Å². The standard InChI is InChI=1S/2C19H18F2O2.C18H14ClF3O2.C18H15ClF2O2.CH4/c1-12-2-7-15-16(10-12)23-17-11-18(20,21)8-9-19(15,17)13-3-5-14(22)6-4-13;1-12-3-2-4-15-17(12)23-16-11-18(20,21)9-10-19(15,16)13-5-7-14(22)8-6-13;19-11-2-1-3-14-16(11)18(10-4-5-13(23)12(20)8-10)7-6-17(21,22)9-15(18)24-14;19-12-3-6-15-14(9-12)18(11-1-4-13(22)5-2-11)8-7-17(20,21)10-16(18)23-15;/h2-7,10,17,22H,8-9,11H2,1H3;2-8,16,22H,9-11H2,1H3;1-5,8,15,23H,6-7,9H2;1-6,9,16,22H,7-8,10H2;1H4. The van der Waals surface area contributed by atoms with Gasteiger partial charge in [-0.25, -0.2) is 39.5 Å². The minimum atomic E-state index is -2.84. The van der Waals surface area contributed by atoms with Crippen LogP contribution in [0.2, 0.25) is 10.0 Å². The second-order valence-corrected chi connectivity index (χ2v) is 26.9. The van der Waals surface area contributed by atoms with Gasteiger partial charge in [0.25, 0.3) is 23.7 Å². The molecule has 8 unspecified atom stereocenters. The maximum absolute atomic E-state index is 14.0. The van der Waals surface area contributed by atoms with Gasteiger partial charge in [-0.15, -0.1) is 0 Å². The third kappa shape index (κ3) is 11.5. The summed E-state index contributed by atoms with van der Waals surface area (Å²) < 4.78 is 149. The number of halogens is 11. The van der Waals surface area contributed by atoms with Crippen molar-refractivity contribution in [1.29, 1.82) is 0 Å². The summed E-state index contributed by atoms with van der Waals surface area (Å²) >= 11 is 12.5. The Morgan fingerprint density at radius 3 is 1.35 bits per heavy atom. The van der Waals surface area contributed by atoms with Gasteiger partial charge in [0, 0.05) is 83.7 Å². The molecular weight excluding hydrogens is 1270 g/mol. The van der Waals surface area contributed by atoms with Gasteiger partial charge in [0.15, 0.2) is 11.6 Å². The zero-order valence-corrected chi connectivity index (χ0v) is 52.0. The summed E-state index contributed by atoms with van der Waals surface area (Å²) in [5.41, 5.74) is 6.00. The minimum absolute atomic E-state index is 0.